The van der Waals surface area contributed by atoms with Crippen molar-refractivity contribution in [2.75, 3.05) is 19.6 Å². The Labute approximate surface area is 84.5 Å². The molecule has 14 heavy (non-hydrogen) atoms. The van der Waals surface area contributed by atoms with Crippen molar-refractivity contribution in [2.45, 2.75) is 25.3 Å². The lowest BCUT2D eigenvalue weighted by molar-refractivity contribution is 0.535. The average Bonchev–Trinajstić information content (AvgIpc) is 2.86. The molecule has 0 spiro atoms. The summed E-state index contributed by atoms with van der Waals surface area (Å²) in [5, 5.41) is 6.91. The lowest BCUT2D eigenvalue weighted by atomic mass is 10.2. The summed E-state index contributed by atoms with van der Waals surface area (Å²) in [6.07, 6.45) is 7.29. The average molecular weight is 194 g/mol. The zero-order chi connectivity index (χ0) is 9.64. The van der Waals surface area contributed by atoms with Crippen molar-refractivity contribution < 1.29 is 0 Å². The Morgan fingerprint density at radius 1 is 1.57 bits per heavy atom. The standard InChI is InChI=1S/C10H18N4/c1-2-9(12-4-1)8-11-5-3-10-13-6-7-14-10/h6-7,9,11-12H,1-5,8H2,(H,13,14). The van der Waals surface area contributed by atoms with Crippen LogP contribution in [0.5, 0.6) is 0 Å². The first-order valence-electron chi connectivity index (χ1n) is 5.37. The van der Waals surface area contributed by atoms with Crippen LogP contribution in [0.25, 0.3) is 0 Å². The molecular weight excluding hydrogens is 176 g/mol. The van der Waals surface area contributed by atoms with E-state index in [-0.39, 0.29) is 0 Å². The van der Waals surface area contributed by atoms with Gasteiger partial charge in [-0.15, -0.1) is 0 Å². The Morgan fingerprint density at radius 3 is 3.29 bits per heavy atom. The van der Waals surface area contributed by atoms with Gasteiger partial charge in [0.1, 0.15) is 5.82 Å². The van der Waals surface area contributed by atoms with E-state index in [1.165, 1.54) is 19.4 Å². The molecule has 4 heteroatoms. The van der Waals surface area contributed by atoms with Crippen molar-refractivity contribution in [3.05, 3.63) is 18.2 Å². The molecule has 1 fully saturated rings. The van der Waals surface area contributed by atoms with Crippen LogP contribution in [0, 0.1) is 0 Å². The topological polar surface area (TPSA) is 52.7 Å². The molecule has 4 nitrogen and oxygen atoms in total. The van der Waals surface area contributed by atoms with Crippen LogP contribution < -0.4 is 10.6 Å². The van der Waals surface area contributed by atoms with Gasteiger partial charge in [0.25, 0.3) is 0 Å². The number of nitrogens with zero attached hydrogens (tertiary/aromatic N) is 1. The minimum Gasteiger partial charge on any atom is -0.349 e. The number of rotatable bonds is 5. The molecule has 1 atom stereocenters. The van der Waals surface area contributed by atoms with E-state index in [0.29, 0.717) is 6.04 Å². The minimum atomic E-state index is 0.687. The number of H-pyrrole nitrogens is 1. The van der Waals surface area contributed by atoms with Gasteiger partial charge in [-0.1, -0.05) is 0 Å². The highest BCUT2D eigenvalue weighted by molar-refractivity contribution is 4.87. The normalized spacial score (nSPS) is 21.6. The van der Waals surface area contributed by atoms with Crippen LogP contribution in [0.4, 0.5) is 0 Å². The zero-order valence-electron chi connectivity index (χ0n) is 8.42. The third kappa shape index (κ3) is 2.82. The molecule has 1 saturated heterocycles. The van der Waals surface area contributed by atoms with Gasteiger partial charge in [0, 0.05) is 37.9 Å². The summed E-state index contributed by atoms with van der Waals surface area (Å²) in [6.45, 7) is 3.27. The third-order valence-corrected chi connectivity index (χ3v) is 2.65. The van der Waals surface area contributed by atoms with Crippen molar-refractivity contribution in [3.63, 3.8) is 0 Å². The van der Waals surface area contributed by atoms with E-state index in [0.717, 1.165) is 25.3 Å². The maximum Gasteiger partial charge on any atom is 0.107 e. The lowest BCUT2D eigenvalue weighted by Crippen LogP contribution is -2.34. The summed E-state index contributed by atoms with van der Waals surface area (Å²) in [7, 11) is 0. The smallest absolute Gasteiger partial charge is 0.107 e. The molecule has 1 aromatic rings. The molecule has 0 radical (unpaired) electrons. The number of aromatic amines is 1. The Hall–Kier alpha value is -0.870. The van der Waals surface area contributed by atoms with Crippen molar-refractivity contribution in [2.24, 2.45) is 0 Å². The van der Waals surface area contributed by atoms with E-state index in [2.05, 4.69) is 20.6 Å². The lowest BCUT2D eigenvalue weighted by Gasteiger charge is -2.10. The molecule has 78 valence electrons. The largest absolute Gasteiger partial charge is 0.349 e. The fourth-order valence-corrected chi connectivity index (χ4v) is 1.85. The Kier molecular flexibility index (Phi) is 3.54. The van der Waals surface area contributed by atoms with Gasteiger partial charge in [0.2, 0.25) is 0 Å². The van der Waals surface area contributed by atoms with E-state index in [1.54, 1.807) is 6.20 Å². The number of hydrogen-bond acceptors (Lipinski definition) is 3. The van der Waals surface area contributed by atoms with Crippen molar-refractivity contribution in [1.29, 1.82) is 0 Å². The monoisotopic (exact) mass is 194 g/mol. The van der Waals surface area contributed by atoms with E-state index in [9.17, 15) is 0 Å². The van der Waals surface area contributed by atoms with E-state index in [1.807, 2.05) is 6.20 Å². The molecule has 1 aliphatic heterocycles. The Bertz CT molecular complexity index is 239. The van der Waals surface area contributed by atoms with Crippen LogP contribution in [0.1, 0.15) is 18.7 Å². The van der Waals surface area contributed by atoms with Crippen LogP contribution >= 0.6 is 0 Å². The maximum absolute atomic E-state index is 4.17. The van der Waals surface area contributed by atoms with Crippen LogP contribution in [0.2, 0.25) is 0 Å². The summed E-state index contributed by atoms with van der Waals surface area (Å²) < 4.78 is 0. The molecule has 1 aromatic heterocycles. The van der Waals surface area contributed by atoms with Gasteiger partial charge >= 0.3 is 0 Å². The van der Waals surface area contributed by atoms with Crippen molar-refractivity contribution >= 4 is 0 Å². The summed E-state index contributed by atoms with van der Waals surface area (Å²) in [4.78, 5) is 7.27. The molecular formula is C10H18N4. The molecule has 1 aliphatic rings. The first-order chi connectivity index (χ1) is 6.95. The second-order valence-corrected chi connectivity index (χ2v) is 3.78. The first-order valence-corrected chi connectivity index (χ1v) is 5.37. The van der Waals surface area contributed by atoms with E-state index in [4.69, 9.17) is 0 Å². The third-order valence-electron chi connectivity index (χ3n) is 2.65. The van der Waals surface area contributed by atoms with E-state index < -0.39 is 0 Å². The molecule has 1 unspecified atom stereocenters. The van der Waals surface area contributed by atoms with Crippen LogP contribution in [0.3, 0.4) is 0 Å². The van der Waals surface area contributed by atoms with Gasteiger partial charge in [-0.2, -0.15) is 0 Å². The predicted octanol–water partition coefficient (Wildman–Crippen LogP) is 0.294. The fourth-order valence-electron chi connectivity index (χ4n) is 1.85. The Balaban J connectivity index is 1.55. The summed E-state index contributed by atoms with van der Waals surface area (Å²) in [5.41, 5.74) is 0. The number of hydrogen-bond donors (Lipinski definition) is 3. The van der Waals surface area contributed by atoms with Gasteiger partial charge in [0.05, 0.1) is 0 Å². The molecule has 0 saturated carbocycles. The zero-order valence-corrected chi connectivity index (χ0v) is 8.42. The molecule has 3 N–H and O–H groups in total. The number of imidazole rings is 1. The minimum absolute atomic E-state index is 0.687. The highest BCUT2D eigenvalue weighted by Crippen LogP contribution is 2.02. The second-order valence-electron chi connectivity index (χ2n) is 3.78. The van der Waals surface area contributed by atoms with Gasteiger partial charge in [-0.25, -0.2) is 4.98 Å². The SMILES string of the molecule is c1c[nH]c(CCNCC2CCCN2)n1. The highest BCUT2D eigenvalue weighted by Gasteiger charge is 2.12. The molecule has 2 rings (SSSR count). The quantitative estimate of drug-likeness (QED) is 0.591. The molecule has 2 heterocycles. The summed E-state index contributed by atoms with van der Waals surface area (Å²) in [6, 6.07) is 0.687. The highest BCUT2D eigenvalue weighted by atomic mass is 15.0. The fraction of sp³-hybridized carbons (Fsp3) is 0.700. The van der Waals surface area contributed by atoms with Crippen molar-refractivity contribution in [3.8, 4) is 0 Å². The van der Waals surface area contributed by atoms with Gasteiger partial charge in [-0.3, -0.25) is 0 Å². The molecule has 0 amide bonds. The van der Waals surface area contributed by atoms with Crippen LogP contribution in [-0.2, 0) is 6.42 Å². The molecule has 0 bridgehead atoms. The number of aromatic nitrogens is 2. The maximum atomic E-state index is 4.17. The van der Waals surface area contributed by atoms with Crippen LogP contribution in [-0.4, -0.2) is 35.6 Å². The van der Waals surface area contributed by atoms with Crippen molar-refractivity contribution in [1.82, 2.24) is 20.6 Å². The predicted molar refractivity (Wildman–Crippen MR) is 56.2 cm³/mol. The first kappa shape index (κ1) is 9.68. The summed E-state index contributed by atoms with van der Waals surface area (Å²) in [5.74, 6) is 1.07. The van der Waals surface area contributed by atoms with Gasteiger partial charge in [0.15, 0.2) is 0 Å². The van der Waals surface area contributed by atoms with E-state index >= 15 is 0 Å². The number of nitrogens with one attached hydrogen (secondary N) is 3. The van der Waals surface area contributed by atoms with Gasteiger partial charge < -0.3 is 15.6 Å². The molecule has 0 aromatic carbocycles. The summed E-state index contributed by atoms with van der Waals surface area (Å²) >= 11 is 0. The second kappa shape index (κ2) is 5.12. The van der Waals surface area contributed by atoms with Gasteiger partial charge in [-0.05, 0) is 19.4 Å². The molecule has 0 aliphatic carbocycles. The Morgan fingerprint density at radius 2 is 2.57 bits per heavy atom. The van der Waals surface area contributed by atoms with Crippen LogP contribution in [0.15, 0.2) is 12.4 Å².